The molecule has 4 rings (SSSR count). The number of halogens is 1. The lowest BCUT2D eigenvalue weighted by molar-refractivity contribution is -0.141. The molecule has 0 spiro atoms. The van der Waals surface area contributed by atoms with Crippen LogP contribution in [0.15, 0.2) is 89.4 Å². The Morgan fingerprint density at radius 3 is 2.14 bits per heavy atom. The highest BCUT2D eigenvalue weighted by Crippen LogP contribution is 2.21. The van der Waals surface area contributed by atoms with Gasteiger partial charge in [-0.15, -0.1) is 0 Å². The summed E-state index contributed by atoms with van der Waals surface area (Å²) >= 11 is 3.55. The summed E-state index contributed by atoms with van der Waals surface area (Å²) in [7, 11) is 0. The molecule has 35 heavy (non-hydrogen) atoms. The summed E-state index contributed by atoms with van der Waals surface area (Å²) in [6.45, 7) is 0.392. The van der Waals surface area contributed by atoms with Gasteiger partial charge in [-0.2, -0.15) is 0 Å². The highest BCUT2D eigenvalue weighted by atomic mass is 79.9. The minimum Gasteiger partial charge on any atom is -0.352 e. The van der Waals surface area contributed by atoms with E-state index in [1.54, 1.807) is 4.90 Å². The van der Waals surface area contributed by atoms with E-state index in [4.69, 9.17) is 0 Å². The number of carbonyl (C=O) groups excluding carboxylic acids is 2. The molecule has 1 aliphatic rings. The average molecular weight is 534 g/mol. The molecule has 5 heteroatoms. The second kappa shape index (κ2) is 12.7. The summed E-state index contributed by atoms with van der Waals surface area (Å²) in [6, 6.07) is 27.7. The number of carbonyl (C=O) groups is 2. The predicted molar refractivity (Wildman–Crippen MR) is 144 cm³/mol. The number of aryl methyl sites for hydroxylation is 1. The van der Waals surface area contributed by atoms with Crippen LogP contribution in [-0.4, -0.2) is 28.8 Å². The molecular weight excluding hydrogens is 500 g/mol. The van der Waals surface area contributed by atoms with Crippen molar-refractivity contribution in [3.63, 3.8) is 0 Å². The first-order valence-corrected chi connectivity index (χ1v) is 13.3. The Morgan fingerprint density at radius 1 is 0.857 bits per heavy atom. The first-order chi connectivity index (χ1) is 17.1. The van der Waals surface area contributed by atoms with E-state index in [2.05, 4.69) is 21.2 Å². The van der Waals surface area contributed by atoms with Crippen LogP contribution in [0.2, 0.25) is 0 Å². The third kappa shape index (κ3) is 7.53. The zero-order chi connectivity index (χ0) is 24.5. The van der Waals surface area contributed by atoms with E-state index in [9.17, 15) is 9.59 Å². The highest BCUT2D eigenvalue weighted by Gasteiger charge is 2.32. The molecule has 182 valence electrons. The molecule has 4 nitrogen and oxygen atoms in total. The quantitative estimate of drug-likeness (QED) is 0.344. The van der Waals surface area contributed by atoms with Crippen LogP contribution in [0, 0.1) is 0 Å². The van der Waals surface area contributed by atoms with Gasteiger partial charge in [-0.25, -0.2) is 0 Å². The van der Waals surface area contributed by atoms with Gasteiger partial charge in [-0.1, -0.05) is 102 Å². The molecule has 1 atom stereocenters. The van der Waals surface area contributed by atoms with Crippen molar-refractivity contribution in [1.82, 2.24) is 10.2 Å². The van der Waals surface area contributed by atoms with Crippen molar-refractivity contribution in [3.8, 4) is 0 Å². The SMILES string of the molecule is O=C(NC1CCCC1)[C@H](Cc1ccccc1)N(Cc1cccc(Br)c1)C(=O)CCc1ccccc1. The Kier molecular flexibility index (Phi) is 9.13. The molecule has 0 bridgehead atoms. The van der Waals surface area contributed by atoms with Gasteiger partial charge < -0.3 is 10.2 Å². The lowest BCUT2D eigenvalue weighted by Gasteiger charge is -2.32. The molecule has 0 saturated heterocycles. The van der Waals surface area contributed by atoms with Crippen molar-refractivity contribution < 1.29 is 9.59 Å². The van der Waals surface area contributed by atoms with E-state index in [0.29, 0.717) is 25.8 Å². The summed E-state index contributed by atoms with van der Waals surface area (Å²) < 4.78 is 0.960. The smallest absolute Gasteiger partial charge is 0.243 e. The Hall–Kier alpha value is -2.92. The summed E-state index contributed by atoms with van der Waals surface area (Å²) in [5.74, 6) is -0.0554. The Balaban J connectivity index is 1.61. The number of rotatable bonds is 10. The number of hydrogen-bond donors (Lipinski definition) is 1. The zero-order valence-corrected chi connectivity index (χ0v) is 21.6. The van der Waals surface area contributed by atoms with Gasteiger partial charge in [0.05, 0.1) is 0 Å². The fraction of sp³-hybridized carbons (Fsp3) is 0.333. The van der Waals surface area contributed by atoms with E-state index >= 15 is 0 Å². The van der Waals surface area contributed by atoms with Crippen LogP contribution in [0.3, 0.4) is 0 Å². The van der Waals surface area contributed by atoms with Crippen molar-refractivity contribution in [2.75, 3.05) is 0 Å². The van der Waals surface area contributed by atoms with E-state index in [-0.39, 0.29) is 17.9 Å². The average Bonchev–Trinajstić information content (AvgIpc) is 3.39. The highest BCUT2D eigenvalue weighted by molar-refractivity contribution is 9.10. The minimum absolute atomic E-state index is 0.00340. The molecule has 0 unspecified atom stereocenters. The molecule has 3 aromatic rings. The normalized spacial score (nSPS) is 14.4. The number of nitrogens with zero attached hydrogens (tertiary/aromatic N) is 1. The van der Waals surface area contributed by atoms with Crippen molar-refractivity contribution in [2.45, 2.75) is 63.6 Å². The second-order valence-electron chi connectivity index (χ2n) is 9.33. The number of benzene rings is 3. The molecule has 0 heterocycles. The second-order valence-corrected chi connectivity index (χ2v) is 10.2. The van der Waals surface area contributed by atoms with Gasteiger partial charge in [0.15, 0.2) is 0 Å². The topological polar surface area (TPSA) is 49.4 Å². The van der Waals surface area contributed by atoms with Crippen LogP contribution in [-0.2, 0) is 29.0 Å². The van der Waals surface area contributed by atoms with Gasteiger partial charge in [-0.3, -0.25) is 9.59 Å². The number of hydrogen-bond acceptors (Lipinski definition) is 2. The van der Waals surface area contributed by atoms with Crippen LogP contribution < -0.4 is 5.32 Å². The fourth-order valence-corrected chi connectivity index (χ4v) is 5.24. The van der Waals surface area contributed by atoms with Crippen molar-refractivity contribution >= 4 is 27.7 Å². The van der Waals surface area contributed by atoms with Crippen LogP contribution >= 0.6 is 15.9 Å². The van der Waals surface area contributed by atoms with Gasteiger partial charge >= 0.3 is 0 Å². The molecule has 0 aliphatic heterocycles. The monoisotopic (exact) mass is 532 g/mol. The maximum atomic E-state index is 13.7. The molecule has 1 N–H and O–H groups in total. The van der Waals surface area contributed by atoms with Crippen molar-refractivity contribution in [2.24, 2.45) is 0 Å². The molecule has 1 aliphatic carbocycles. The van der Waals surface area contributed by atoms with Crippen LogP contribution in [0.25, 0.3) is 0 Å². The molecule has 1 saturated carbocycles. The molecule has 2 amide bonds. The van der Waals surface area contributed by atoms with Crippen LogP contribution in [0.5, 0.6) is 0 Å². The molecule has 0 radical (unpaired) electrons. The fourth-order valence-electron chi connectivity index (χ4n) is 4.79. The lowest BCUT2D eigenvalue weighted by atomic mass is 10.0. The third-order valence-electron chi connectivity index (χ3n) is 6.68. The van der Waals surface area contributed by atoms with Gasteiger partial charge in [0.2, 0.25) is 11.8 Å². The van der Waals surface area contributed by atoms with Crippen molar-refractivity contribution in [1.29, 1.82) is 0 Å². The van der Waals surface area contributed by atoms with Crippen LogP contribution in [0.1, 0.15) is 48.8 Å². The van der Waals surface area contributed by atoms with Crippen molar-refractivity contribution in [3.05, 3.63) is 106 Å². The molecule has 0 aromatic heterocycles. The Bertz CT molecular complexity index is 1100. The van der Waals surface area contributed by atoms with E-state index < -0.39 is 6.04 Å². The number of nitrogens with one attached hydrogen (secondary N) is 1. The lowest BCUT2D eigenvalue weighted by Crippen LogP contribution is -2.52. The predicted octanol–water partition coefficient (Wildman–Crippen LogP) is 6.08. The first kappa shape index (κ1) is 25.2. The zero-order valence-electron chi connectivity index (χ0n) is 20.0. The summed E-state index contributed by atoms with van der Waals surface area (Å²) in [5.41, 5.74) is 3.17. The third-order valence-corrected chi connectivity index (χ3v) is 7.18. The standard InChI is InChI=1S/C30H33BrN2O2/c31-26-15-9-14-25(20-26)22-33(29(34)19-18-23-10-3-1-4-11-23)28(21-24-12-5-2-6-13-24)30(35)32-27-16-7-8-17-27/h1-6,9-15,20,27-28H,7-8,16-19,21-22H2,(H,32,35)/t28-/m0/s1. The minimum atomic E-state index is -0.569. The summed E-state index contributed by atoms with van der Waals surface area (Å²) in [5, 5.41) is 3.26. The van der Waals surface area contributed by atoms with Gasteiger partial charge in [0.1, 0.15) is 6.04 Å². The van der Waals surface area contributed by atoms with Gasteiger partial charge in [0, 0.05) is 29.9 Å². The van der Waals surface area contributed by atoms with Crippen LogP contribution in [0.4, 0.5) is 0 Å². The van der Waals surface area contributed by atoms with E-state index in [0.717, 1.165) is 46.8 Å². The molecule has 3 aromatic carbocycles. The van der Waals surface area contributed by atoms with E-state index in [1.165, 1.54) is 0 Å². The Labute approximate surface area is 216 Å². The largest absolute Gasteiger partial charge is 0.352 e. The van der Waals surface area contributed by atoms with Gasteiger partial charge in [-0.05, 0) is 48.1 Å². The maximum Gasteiger partial charge on any atom is 0.243 e. The first-order valence-electron chi connectivity index (χ1n) is 12.5. The summed E-state index contributed by atoms with van der Waals surface area (Å²) in [6.07, 6.45) is 5.81. The maximum absolute atomic E-state index is 13.7. The van der Waals surface area contributed by atoms with Gasteiger partial charge in [0.25, 0.3) is 0 Å². The van der Waals surface area contributed by atoms with E-state index in [1.807, 2.05) is 84.9 Å². The summed E-state index contributed by atoms with van der Waals surface area (Å²) in [4.78, 5) is 29.2. The number of amides is 2. The molecule has 1 fully saturated rings. The molecular formula is C30H33BrN2O2. The Morgan fingerprint density at radius 2 is 1.49 bits per heavy atom.